The summed E-state index contributed by atoms with van der Waals surface area (Å²) in [7, 11) is 0. The molecule has 136 valence electrons. The molecule has 3 rings (SSSR count). The molecular formula is C21H25N3O2. The molecule has 0 aliphatic carbocycles. The summed E-state index contributed by atoms with van der Waals surface area (Å²) in [6, 6.07) is 19.8. The van der Waals surface area contributed by atoms with Crippen molar-refractivity contribution in [3.8, 4) is 0 Å². The van der Waals surface area contributed by atoms with Crippen molar-refractivity contribution < 1.29 is 9.59 Å². The number of benzene rings is 2. The third-order valence-corrected chi connectivity index (χ3v) is 4.65. The molecule has 0 saturated carbocycles. The second-order valence-corrected chi connectivity index (χ2v) is 6.50. The average Bonchev–Trinajstić information content (AvgIpc) is 2.69. The summed E-state index contributed by atoms with van der Waals surface area (Å²) in [5.74, 6) is 0.125. The summed E-state index contributed by atoms with van der Waals surface area (Å²) in [5, 5.41) is 2.97. The minimum absolute atomic E-state index is 0.0453. The average molecular weight is 351 g/mol. The molecule has 5 heteroatoms. The minimum Gasteiger partial charge on any atom is -0.339 e. The lowest BCUT2D eigenvalue weighted by Crippen LogP contribution is -2.53. The van der Waals surface area contributed by atoms with E-state index in [1.54, 1.807) is 4.90 Å². The Morgan fingerprint density at radius 2 is 1.31 bits per heavy atom. The standard InChI is InChI=1S/C21H25N3O2/c25-20(17-19-9-5-2-6-10-19)23-13-15-24(16-14-23)21(26)22-12-11-18-7-3-1-4-8-18/h1-10H,11-17H2,(H,22,26). The van der Waals surface area contributed by atoms with Crippen molar-refractivity contribution in [3.05, 3.63) is 71.8 Å². The van der Waals surface area contributed by atoms with Gasteiger partial charge in [0.25, 0.3) is 0 Å². The van der Waals surface area contributed by atoms with Gasteiger partial charge in [0.1, 0.15) is 0 Å². The summed E-state index contributed by atoms with van der Waals surface area (Å²) in [6.45, 7) is 2.97. The maximum Gasteiger partial charge on any atom is 0.317 e. The molecule has 2 aromatic carbocycles. The van der Waals surface area contributed by atoms with Crippen LogP contribution >= 0.6 is 0 Å². The van der Waals surface area contributed by atoms with Crippen molar-refractivity contribution >= 4 is 11.9 Å². The van der Waals surface area contributed by atoms with Crippen molar-refractivity contribution in [1.82, 2.24) is 15.1 Å². The first kappa shape index (κ1) is 18.0. The molecule has 1 saturated heterocycles. The van der Waals surface area contributed by atoms with E-state index in [4.69, 9.17) is 0 Å². The fourth-order valence-corrected chi connectivity index (χ4v) is 3.11. The van der Waals surface area contributed by atoms with Crippen molar-refractivity contribution in [2.45, 2.75) is 12.8 Å². The van der Waals surface area contributed by atoms with Gasteiger partial charge in [0, 0.05) is 32.7 Å². The van der Waals surface area contributed by atoms with Gasteiger partial charge in [-0.25, -0.2) is 4.79 Å². The fraction of sp³-hybridized carbons (Fsp3) is 0.333. The van der Waals surface area contributed by atoms with Crippen molar-refractivity contribution in [2.24, 2.45) is 0 Å². The van der Waals surface area contributed by atoms with E-state index in [0.29, 0.717) is 39.1 Å². The van der Waals surface area contributed by atoms with E-state index in [2.05, 4.69) is 17.4 Å². The minimum atomic E-state index is -0.0453. The third kappa shape index (κ3) is 5.09. The van der Waals surface area contributed by atoms with Crippen LogP contribution in [-0.2, 0) is 17.6 Å². The largest absolute Gasteiger partial charge is 0.339 e. The quantitative estimate of drug-likeness (QED) is 0.899. The van der Waals surface area contributed by atoms with E-state index in [1.165, 1.54) is 5.56 Å². The summed E-state index contributed by atoms with van der Waals surface area (Å²) in [6.07, 6.45) is 1.24. The van der Waals surface area contributed by atoms with Crippen LogP contribution in [0.4, 0.5) is 4.79 Å². The first-order valence-electron chi connectivity index (χ1n) is 9.11. The summed E-state index contributed by atoms with van der Waals surface area (Å²) in [4.78, 5) is 28.3. The zero-order valence-electron chi connectivity index (χ0n) is 14.9. The molecule has 0 atom stereocenters. The van der Waals surface area contributed by atoms with Crippen LogP contribution < -0.4 is 5.32 Å². The Bertz CT molecular complexity index is 711. The number of nitrogens with zero attached hydrogens (tertiary/aromatic N) is 2. The smallest absolute Gasteiger partial charge is 0.317 e. The van der Waals surface area contributed by atoms with Crippen molar-refractivity contribution in [1.29, 1.82) is 0 Å². The zero-order valence-corrected chi connectivity index (χ0v) is 14.9. The van der Waals surface area contributed by atoms with Crippen molar-refractivity contribution in [3.63, 3.8) is 0 Å². The van der Waals surface area contributed by atoms with Gasteiger partial charge in [0.2, 0.25) is 5.91 Å². The predicted molar refractivity (Wildman–Crippen MR) is 102 cm³/mol. The van der Waals surface area contributed by atoms with Gasteiger partial charge in [-0.05, 0) is 17.5 Å². The van der Waals surface area contributed by atoms with Crippen molar-refractivity contribution in [2.75, 3.05) is 32.7 Å². The van der Waals surface area contributed by atoms with Gasteiger partial charge >= 0.3 is 6.03 Å². The van der Waals surface area contributed by atoms with Crippen LogP contribution in [0.1, 0.15) is 11.1 Å². The molecule has 1 N–H and O–H groups in total. The van der Waals surface area contributed by atoms with E-state index >= 15 is 0 Å². The van der Waals surface area contributed by atoms with Gasteiger partial charge < -0.3 is 15.1 Å². The maximum absolute atomic E-state index is 12.4. The molecule has 0 spiro atoms. The van der Waals surface area contributed by atoms with Gasteiger partial charge in [-0.1, -0.05) is 60.7 Å². The van der Waals surface area contributed by atoms with Crippen LogP contribution in [0.3, 0.4) is 0 Å². The molecule has 1 aliphatic rings. The molecule has 26 heavy (non-hydrogen) atoms. The van der Waals surface area contributed by atoms with Crippen LogP contribution in [0.15, 0.2) is 60.7 Å². The number of hydrogen-bond donors (Lipinski definition) is 1. The second-order valence-electron chi connectivity index (χ2n) is 6.50. The number of urea groups is 1. The lowest BCUT2D eigenvalue weighted by atomic mass is 10.1. The van der Waals surface area contributed by atoms with Gasteiger partial charge in [-0.15, -0.1) is 0 Å². The summed E-state index contributed by atoms with van der Waals surface area (Å²) < 4.78 is 0. The second kappa shape index (κ2) is 9.04. The first-order chi connectivity index (χ1) is 12.7. The van der Waals surface area contributed by atoms with Crippen LogP contribution in [0.5, 0.6) is 0 Å². The Hall–Kier alpha value is -2.82. The van der Waals surface area contributed by atoms with E-state index in [1.807, 2.05) is 53.4 Å². The highest BCUT2D eigenvalue weighted by Crippen LogP contribution is 2.07. The molecule has 2 aromatic rings. The summed E-state index contributed by atoms with van der Waals surface area (Å²) in [5.41, 5.74) is 2.24. The Morgan fingerprint density at radius 3 is 1.92 bits per heavy atom. The Balaban J connectivity index is 1.38. The van der Waals surface area contributed by atoms with Crippen LogP contribution in [0.2, 0.25) is 0 Å². The monoisotopic (exact) mass is 351 g/mol. The molecule has 1 heterocycles. The highest BCUT2D eigenvalue weighted by Gasteiger charge is 2.23. The lowest BCUT2D eigenvalue weighted by Gasteiger charge is -2.34. The van der Waals surface area contributed by atoms with Gasteiger partial charge in [-0.2, -0.15) is 0 Å². The molecule has 0 radical (unpaired) electrons. The van der Waals surface area contributed by atoms with Gasteiger partial charge in [0.15, 0.2) is 0 Å². The molecule has 0 bridgehead atoms. The zero-order chi connectivity index (χ0) is 18.2. The Kier molecular flexibility index (Phi) is 6.25. The van der Waals surface area contributed by atoms with Gasteiger partial charge in [0.05, 0.1) is 6.42 Å². The van der Waals surface area contributed by atoms with E-state index in [0.717, 1.165) is 12.0 Å². The highest BCUT2D eigenvalue weighted by atomic mass is 16.2. The van der Waals surface area contributed by atoms with Gasteiger partial charge in [-0.3, -0.25) is 4.79 Å². The van der Waals surface area contributed by atoms with E-state index < -0.39 is 0 Å². The highest BCUT2D eigenvalue weighted by molar-refractivity contribution is 5.79. The number of piperazine rings is 1. The topological polar surface area (TPSA) is 52.7 Å². The van der Waals surface area contributed by atoms with Crippen LogP contribution in [-0.4, -0.2) is 54.5 Å². The SMILES string of the molecule is O=C(Cc1ccccc1)N1CCN(C(=O)NCCc2ccccc2)CC1. The molecule has 5 nitrogen and oxygen atoms in total. The van der Waals surface area contributed by atoms with Crippen LogP contribution in [0, 0.1) is 0 Å². The third-order valence-electron chi connectivity index (χ3n) is 4.65. The van der Waals surface area contributed by atoms with Crippen LogP contribution in [0.25, 0.3) is 0 Å². The maximum atomic E-state index is 12.4. The molecule has 1 fully saturated rings. The summed E-state index contributed by atoms with van der Waals surface area (Å²) >= 11 is 0. The normalized spacial score (nSPS) is 14.2. The van der Waals surface area contributed by atoms with E-state index in [-0.39, 0.29) is 11.9 Å². The molecule has 0 aromatic heterocycles. The molecule has 1 aliphatic heterocycles. The fourth-order valence-electron chi connectivity index (χ4n) is 3.11. The lowest BCUT2D eigenvalue weighted by molar-refractivity contribution is -0.131. The number of hydrogen-bond acceptors (Lipinski definition) is 2. The number of amides is 3. The number of nitrogens with one attached hydrogen (secondary N) is 1. The molecular weight excluding hydrogens is 326 g/mol. The Labute approximate surface area is 154 Å². The number of carbonyl (C=O) groups excluding carboxylic acids is 2. The number of rotatable bonds is 5. The molecule has 0 unspecified atom stereocenters. The first-order valence-corrected chi connectivity index (χ1v) is 9.11. The van der Waals surface area contributed by atoms with E-state index in [9.17, 15) is 9.59 Å². The Morgan fingerprint density at radius 1 is 0.769 bits per heavy atom. The number of carbonyl (C=O) groups is 2. The molecule has 3 amide bonds. The predicted octanol–water partition coefficient (Wildman–Crippen LogP) is 2.33.